The molecule has 0 bridgehead atoms. The molecule has 3 rings (SSSR count). The van der Waals surface area contributed by atoms with Crippen LogP contribution in [0.25, 0.3) is 11.0 Å². The summed E-state index contributed by atoms with van der Waals surface area (Å²) in [5.41, 5.74) is 3.58. The van der Waals surface area contributed by atoms with Crippen molar-refractivity contribution < 1.29 is 4.79 Å². The molecule has 25 heavy (non-hydrogen) atoms. The van der Waals surface area contributed by atoms with E-state index in [4.69, 9.17) is 0 Å². The number of hydrogen-bond acceptors (Lipinski definition) is 3. The predicted octanol–water partition coefficient (Wildman–Crippen LogP) is 2.89. The van der Waals surface area contributed by atoms with Crippen LogP contribution in [-0.2, 0) is 6.54 Å². The number of benzene rings is 2. The molecule has 5 nitrogen and oxygen atoms in total. The zero-order valence-electron chi connectivity index (χ0n) is 14.5. The predicted molar refractivity (Wildman–Crippen MR) is 98.9 cm³/mol. The first-order chi connectivity index (χ1) is 12.1. The molecular formula is C20H21N3O2. The summed E-state index contributed by atoms with van der Waals surface area (Å²) in [6.45, 7) is 4.85. The molecule has 0 aliphatic heterocycles. The zero-order valence-corrected chi connectivity index (χ0v) is 14.5. The number of para-hydroxylation sites is 2. The van der Waals surface area contributed by atoms with E-state index in [-0.39, 0.29) is 11.5 Å². The molecule has 1 heterocycles. The first kappa shape index (κ1) is 16.9. The molecule has 1 amide bonds. The van der Waals surface area contributed by atoms with E-state index >= 15 is 0 Å². The maximum absolute atomic E-state index is 12.5. The highest BCUT2D eigenvalue weighted by Gasteiger charge is 2.09. The Balaban J connectivity index is 1.90. The second-order valence-corrected chi connectivity index (χ2v) is 6.03. The van der Waals surface area contributed by atoms with Crippen LogP contribution in [0, 0.1) is 6.92 Å². The third-order valence-electron chi connectivity index (χ3n) is 4.11. The van der Waals surface area contributed by atoms with Gasteiger partial charge in [0.25, 0.3) is 11.5 Å². The van der Waals surface area contributed by atoms with E-state index in [1.54, 1.807) is 23.6 Å². The summed E-state index contributed by atoms with van der Waals surface area (Å²) in [6.07, 6.45) is 0.904. The average Bonchev–Trinajstić information content (AvgIpc) is 2.64. The van der Waals surface area contributed by atoms with Crippen LogP contribution in [0.5, 0.6) is 0 Å². The fraction of sp³-hybridized carbons (Fsp3) is 0.250. The minimum absolute atomic E-state index is 0.0734. The molecule has 0 spiro atoms. The van der Waals surface area contributed by atoms with Crippen molar-refractivity contribution in [1.82, 2.24) is 14.9 Å². The monoisotopic (exact) mass is 335 g/mol. The van der Waals surface area contributed by atoms with Crippen LogP contribution >= 0.6 is 0 Å². The Labute approximate surface area is 146 Å². The third kappa shape index (κ3) is 3.60. The molecule has 0 atom stereocenters. The lowest BCUT2D eigenvalue weighted by Crippen LogP contribution is -2.25. The minimum Gasteiger partial charge on any atom is -0.352 e. The van der Waals surface area contributed by atoms with Gasteiger partial charge in [0.15, 0.2) is 0 Å². The molecular weight excluding hydrogens is 314 g/mol. The Kier molecular flexibility index (Phi) is 4.93. The van der Waals surface area contributed by atoms with Gasteiger partial charge in [-0.1, -0.05) is 31.2 Å². The van der Waals surface area contributed by atoms with Crippen LogP contribution < -0.4 is 10.9 Å². The van der Waals surface area contributed by atoms with Crippen LogP contribution in [0.3, 0.4) is 0 Å². The Morgan fingerprint density at radius 2 is 1.84 bits per heavy atom. The molecule has 3 aromatic rings. The summed E-state index contributed by atoms with van der Waals surface area (Å²) < 4.78 is 1.73. The van der Waals surface area contributed by atoms with Gasteiger partial charge in [-0.15, -0.1) is 0 Å². The number of nitrogens with zero attached hydrogens (tertiary/aromatic N) is 2. The first-order valence-corrected chi connectivity index (χ1v) is 8.43. The number of aromatic nitrogens is 2. The van der Waals surface area contributed by atoms with E-state index in [1.807, 2.05) is 43.3 Å². The van der Waals surface area contributed by atoms with Gasteiger partial charge in [0, 0.05) is 12.1 Å². The van der Waals surface area contributed by atoms with Crippen molar-refractivity contribution in [1.29, 1.82) is 0 Å². The van der Waals surface area contributed by atoms with Gasteiger partial charge in [-0.25, -0.2) is 4.98 Å². The Morgan fingerprint density at radius 3 is 2.56 bits per heavy atom. The smallest absolute Gasteiger partial charge is 0.272 e. The van der Waals surface area contributed by atoms with E-state index in [2.05, 4.69) is 10.3 Å². The molecule has 0 aliphatic rings. The highest BCUT2D eigenvalue weighted by Crippen LogP contribution is 2.13. The SMILES string of the molecule is CCCNC(=O)c1ccc(Cn2c(=O)c(C)nc3ccccc32)cc1. The van der Waals surface area contributed by atoms with Crippen LogP contribution in [0.15, 0.2) is 53.3 Å². The highest BCUT2D eigenvalue weighted by atomic mass is 16.1. The summed E-state index contributed by atoms with van der Waals surface area (Å²) in [5, 5.41) is 2.86. The van der Waals surface area contributed by atoms with Crippen molar-refractivity contribution in [3.05, 3.63) is 75.7 Å². The first-order valence-electron chi connectivity index (χ1n) is 8.43. The number of carbonyl (C=O) groups excluding carboxylic acids is 1. The fourth-order valence-electron chi connectivity index (χ4n) is 2.76. The van der Waals surface area contributed by atoms with E-state index in [0.717, 1.165) is 23.0 Å². The molecule has 0 unspecified atom stereocenters. The van der Waals surface area contributed by atoms with Gasteiger partial charge in [-0.3, -0.25) is 9.59 Å². The maximum atomic E-state index is 12.5. The largest absolute Gasteiger partial charge is 0.352 e. The summed E-state index contributed by atoms with van der Waals surface area (Å²) in [7, 11) is 0. The number of rotatable bonds is 5. The Morgan fingerprint density at radius 1 is 1.12 bits per heavy atom. The van der Waals surface area contributed by atoms with Gasteiger partial charge in [0.05, 0.1) is 17.6 Å². The summed E-state index contributed by atoms with van der Waals surface area (Å²) in [6, 6.07) is 15.0. The number of aryl methyl sites for hydroxylation is 1. The van der Waals surface area contributed by atoms with Crippen molar-refractivity contribution in [2.24, 2.45) is 0 Å². The topological polar surface area (TPSA) is 64.0 Å². The van der Waals surface area contributed by atoms with Crippen molar-refractivity contribution in [2.75, 3.05) is 6.54 Å². The molecule has 0 saturated heterocycles. The molecule has 1 N–H and O–H groups in total. The Bertz CT molecular complexity index is 959. The van der Waals surface area contributed by atoms with Crippen LogP contribution in [0.4, 0.5) is 0 Å². The number of amides is 1. The summed E-state index contributed by atoms with van der Waals surface area (Å²) in [4.78, 5) is 28.8. The molecule has 1 aromatic heterocycles. The van der Waals surface area contributed by atoms with Crippen molar-refractivity contribution in [3.63, 3.8) is 0 Å². The lowest BCUT2D eigenvalue weighted by molar-refractivity contribution is 0.0953. The number of hydrogen-bond donors (Lipinski definition) is 1. The van der Waals surface area contributed by atoms with Crippen LogP contribution in [0.2, 0.25) is 0 Å². The van der Waals surface area contributed by atoms with Crippen LogP contribution in [0.1, 0.15) is 35.0 Å². The molecule has 0 aliphatic carbocycles. The van der Waals surface area contributed by atoms with E-state index < -0.39 is 0 Å². The second-order valence-electron chi connectivity index (χ2n) is 6.03. The standard InChI is InChI=1S/C20H21N3O2/c1-3-12-21-19(24)16-10-8-15(9-11-16)13-23-18-7-5-4-6-17(18)22-14(2)20(23)25/h4-11H,3,12-13H2,1-2H3,(H,21,24). The van der Waals surface area contributed by atoms with Crippen molar-refractivity contribution in [3.8, 4) is 0 Å². The van der Waals surface area contributed by atoms with Gasteiger partial charge in [-0.05, 0) is 43.2 Å². The van der Waals surface area contributed by atoms with Gasteiger partial charge >= 0.3 is 0 Å². The number of fused-ring (bicyclic) bond motifs is 1. The minimum atomic E-state index is -0.0940. The number of nitrogens with one attached hydrogen (secondary N) is 1. The molecule has 2 aromatic carbocycles. The molecule has 128 valence electrons. The van der Waals surface area contributed by atoms with Gasteiger partial charge < -0.3 is 9.88 Å². The van der Waals surface area contributed by atoms with Gasteiger partial charge in [-0.2, -0.15) is 0 Å². The lowest BCUT2D eigenvalue weighted by Gasteiger charge is -2.11. The summed E-state index contributed by atoms with van der Waals surface area (Å²) >= 11 is 0. The van der Waals surface area contributed by atoms with Gasteiger partial charge in [0.2, 0.25) is 0 Å². The normalized spacial score (nSPS) is 10.8. The molecule has 0 fully saturated rings. The van der Waals surface area contributed by atoms with Gasteiger partial charge in [0.1, 0.15) is 5.69 Å². The number of carbonyl (C=O) groups is 1. The average molecular weight is 335 g/mol. The molecule has 0 radical (unpaired) electrons. The zero-order chi connectivity index (χ0) is 17.8. The maximum Gasteiger partial charge on any atom is 0.272 e. The lowest BCUT2D eigenvalue weighted by atomic mass is 10.1. The van der Waals surface area contributed by atoms with E-state index in [0.29, 0.717) is 24.3 Å². The quantitative estimate of drug-likeness (QED) is 0.780. The fourth-order valence-corrected chi connectivity index (χ4v) is 2.76. The third-order valence-corrected chi connectivity index (χ3v) is 4.11. The highest BCUT2D eigenvalue weighted by molar-refractivity contribution is 5.94. The van der Waals surface area contributed by atoms with E-state index in [9.17, 15) is 9.59 Å². The molecule has 0 saturated carbocycles. The van der Waals surface area contributed by atoms with Crippen molar-refractivity contribution >= 4 is 16.9 Å². The van der Waals surface area contributed by atoms with Crippen LogP contribution in [-0.4, -0.2) is 22.0 Å². The van der Waals surface area contributed by atoms with Crippen molar-refractivity contribution in [2.45, 2.75) is 26.8 Å². The van der Waals surface area contributed by atoms with E-state index in [1.165, 1.54) is 0 Å². The summed E-state index contributed by atoms with van der Waals surface area (Å²) in [5.74, 6) is -0.0734. The Hall–Kier alpha value is -2.95. The second kappa shape index (κ2) is 7.30. The molecule has 5 heteroatoms.